The first-order valence-electron chi connectivity index (χ1n) is 9.02. The van der Waals surface area contributed by atoms with Crippen molar-refractivity contribution in [1.82, 2.24) is 20.1 Å². The molecule has 1 heterocycles. The summed E-state index contributed by atoms with van der Waals surface area (Å²) < 4.78 is 7.24. The van der Waals surface area contributed by atoms with E-state index in [2.05, 4.69) is 15.5 Å². The molecule has 3 rings (SSSR count). The highest BCUT2D eigenvalue weighted by Gasteiger charge is 2.19. The Morgan fingerprint density at radius 1 is 1.18 bits per heavy atom. The largest absolute Gasteiger partial charge is 0.496 e. The lowest BCUT2D eigenvalue weighted by Gasteiger charge is -2.13. The fourth-order valence-corrected chi connectivity index (χ4v) is 3.60. The third-order valence-corrected chi connectivity index (χ3v) is 5.58. The van der Waals surface area contributed by atoms with E-state index in [0.29, 0.717) is 11.7 Å². The summed E-state index contributed by atoms with van der Waals surface area (Å²) in [4.78, 5) is 12.5. The molecule has 1 N–H and O–H groups in total. The summed E-state index contributed by atoms with van der Waals surface area (Å²) in [5.41, 5.74) is 3.14. The number of carbonyl (C=O) groups excluding carboxylic acids is 1. The maximum atomic E-state index is 12.5. The van der Waals surface area contributed by atoms with Crippen LogP contribution in [0, 0.1) is 6.92 Å². The van der Waals surface area contributed by atoms with E-state index in [4.69, 9.17) is 4.74 Å². The van der Waals surface area contributed by atoms with E-state index < -0.39 is 0 Å². The zero-order valence-corrected chi connectivity index (χ0v) is 17.3. The average Bonchev–Trinajstić information content (AvgIpc) is 3.07. The van der Waals surface area contributed by atoms with E-state index in [1.807, 2.05) is 74.0 Å². The first kappa shape index (κ1) is 19.9. The molecule has 1 unspecified atom stereocenters. The number of hydrogen-bond acceptors (Lipinski definition) is 5. The van der Waals surface area contributed by atoms with Gasteiger partial charge in [0.15, 0.2) is 11.0 Å². The van der Waals surface area contributed by atoms with Crippen LogP contribution in [0.5, 0.6) is 5.75 Å². The minimum atomic E-state index is -0.302. The summed E-state index contributed by atoms with van der Waals surface area (Å²) in [7, 11) is 3.54. The van der Waals surface area contributed by atoms with Crippen molar-refractivity contribution >= 4 is 17.7 Å². The molecule has 0 bridgehead atoms. The fraction of sp³-hybridized carbons (Fsp3) is 0.286. The van der Waals surface area contributed by atoms with Crippen molar-refractivity contribution < 1.29 is 9.53 Å². The SMILES string of the molecule is COc1ccccc1CNC(=O)C(C)Sc1nnc(-c2ccc(C)cc2)n1C. The number of nitrogens with one attached hydrogen (secondary N) is 1. The molecule has 0 saturated carbocycles. The number of aromatic nitrogens is 3. The van der Waals surface area contributed by atoms with Gasteiger partial charge in [0.05, 0.1) is 12.4 Å². The van der Waals surface area contributed by atoms with Crippen LogP contribution < -0.4 is 10.1 Å². The molecule has 7 heteroatoms. The molecule has 0 aliphatic heterocycles. The quantitative estimate of drug-likeness (QED) is 0.618. The maximum absolute atomic E-state index is 12.5. The Kier molecular flexibility index (Phi) is 6.36. The van der Waals surface area contributed by atoms with Crippen LogP contribution in [0.25, 0.3) is 11.4 Å². The van der Waals surface area contributed by atoms with Gasteiger partial charge < -0.3 is 14.6 Å². The summed E-state index contributed by atoms with van der Waals surface area (Å²) in [5.74, 6) is 1.49. The number of amides is 1. The van der Waals surface area contributed by atoms with Gasteiger partial charge in [-0.25, -0.2) is 0 Å². The molecule has 1 aromatic heterocycles. The summed E-state index contributed by atoms with van der Waals surface area (Å²) in [5, 5.41) is 11.9. The van der Waals surface area contributed by atoms with Gasteiger partial charge in [0.1, 0.15) is 5.75 Å². The van der Waals surface area contributed by atoms with Crippen LogP contribution in [-0.4, -0.2) is 33.0 Å². The Labute approximate surface area is 169 Å². The summed E-state index contributed by atoms with van der Waals surface area (Å²) in [6.45, 7) is 4.33. The molecule has 1 amide bonds. The van der Waals surface area contributed by atoms with Crippen LogP contribution >= 0.6 is 11.8 Å². The normalized spacial score (nSPS) is 11.9. The van der Waals surface area contributed by atoms with Crippen molar-refractivity contribution in [3.63, 3.8) is 0 Å². The van der Waals surface area contributed by atoms with Crippen LogP contribution in [0.15, 0.2) is 53.7 Å². The van der Waals surface area contributed by atoms with Gasteiger partial charge in [-0.1, -0.05) is 59.8 Å². The highest BCUT2D eigenvalue weighted by Crippen LogP contribution is 2.26. The molecule has 0 aliphatic rings. The number of methoxy groups -OCH3 is 1. The third-order valence-electron chi connectivity index (χ3n) is 4.44. The Balaban J connectivity index is 1.63. The molecule has 0 spiro atoms. The number of thioether (sulfide) groups is 1. The smallest absolute Gasteiger partial charge is 0.233 e. The third kappa shape index (κ3) is 4.54. The molecule has 0 radical (unpaired) electrons. The van der Waals surface area contributed by atoms with Crippen LogP contribution in [-0.2, 0) is 18.4 Å². The molecular formula is C21H24N4O2S. The van der Waals surface area contributed by atoms with E-state index in [0.717, 1.165) is 22.7 Å². The van der Waals surface area contributed by atoms with Gasteiger partial charge in [0, 0.05) is 24.7 Å². The second-order valence-corrected chi connectivity index (χ2v) is 7.83. The van der Waals surface area contributed by atoms with Crippen molar-refractivity contribution in [2.75, 3.05) is 7.11 Å². The van der Waals surface area contributed by atoms with Gasteiger partial charge in [-0.05, 0) is 19.9 Å². The van der Waals surface area contributed by atoms with Crippen LogP contribution in [0.4, 0.5) is 0 Å². The van der Waals surface area contributed by atoms with Gasteiger partial charge in [0.25, 0.3) is 0 Å². The molecule has 6 nitrogen and oxygen atoms in total. The predicted molar refractivity (Wildman–Crippen MR) is 111 cm³/mol. The summed E-state index contributed by atoms with van der Waals surface area (Å²) in [6, 6.07) is 15.8. The number of hydrogen-bond donors (Lipinski definition) is 1. The predicted octanol–water partition coefficient (Wildman–Crippen LogP) is 3.60. The minimum absolute atomic E-state index is 0.0595. The van der Waals surface area contributed by atoms with Gasteiger partial charge in [-0.3, -0.25) is 4.79 Å². The highest BCUT2D eigenvalue weighted by molar-refractivity contribution is 8.00. The molecule has 2 aromatic carbocycles. The topological polar surface area (TPSA) is 69.0 Å². The molecule has 1 atom stereocenters. The fourth-order valence-electron chi connectivity index (χ4n) is 2.76. The van der Waals surface area contributed by atoms with E-state index in [1.54, 1.807) is 7.11 Å². The lowest BCUT2D eigenvalue weighted by molar-refractivity contribution is -0.120. The first-order valence-corrected chi connectivity index (χ1v) is 9.90. The summed E-state index contributed by atoms with van der Waals surface area (Å²) in [6.07, 6.45) is 0. The van der Waals surface area contributed by atoms with Crippen molar-refractivity contribution in [1.29, 1.82) is 0 Å². The van der Waals surface area contributed by atoms with E-state index in [1.165, 1.54) is 17.3 Å². The minimum Gasteiger partial charge on any atom is -0.496 e. The monoisotopic (exact) mass is 396 g/mol. The number of rotatable bonds is 7. The van der Waals surface area contributed by atoms with Crippen molar-refractivity contribution in [2.45, 2.75) is 30.8 Å². The second-order valence-electron chi connectivity index (χ2n) is 6.52. The molecule has 3 aromatic rings. The van der Waals surface area contributed by atoms with Crippen molar-refractivity contribution in [3.05, 3.63) is 59.7 Å². The second kappa shape index (κ2) is 8.93. The van der Waals surface area contributed by atoms with E-state index in [9.17, 15) is 4.79 Å². The maximum Gasteiger partial charge on any atom is 0.233 e. The Morgan fingerprint density at radius 3 is 2.61 bits per heavy atom. The van der Waals surface area contributed by atoms with E-state index in [-0.39, 0.29) is 11.2 Å². The van der Waals surface area contributed by atoms with Gasteiger partial charge in [-0.15, -0.1) is 10.2 Å². The number of nitrogens with zero attached hydrogens (tertiary/aromatic N) is 3. The average molecular weight is 397 g/mol. The Hall–Kier alpha value is -2.80. The van der Waals surface area contributed by atoms with Crippen LogP contribution in [0.3, 0.4) is 0 Å². The zero-order valence-electron chi connectivity index (χ0n) is 16.5. The highest BCUT2D eigenvalue weighted by atomic mass is 32.2. The molecule has 0 fully saturated rings. The molecule has 0 saturated heterocycles. The Bertz CT molecular complexity index is 953. The Morgan fingerprint density at radius 2 is 1.89 bits per heavy atom. The summed E-state index contributed by atoms with van der Waals surface area (Å²) >= 11 is 1.39. The zero-order chi connectivity index (χ0) is 20.1. The first-order chi connectivity index (χ1) is 13.5. The molecular weight excluding hydrogens is 372 g/mol. The van der Waals surface area contributed by atoms with Crippen LogP contribution in [0.2, 0.25) is 0 Å². The lowest BCUT2D eigenvalue weighted by Crippen LogP contribution is -2.30. The van der Waals surface area contributed by atoms with Crippen molar-refractivity contribution in [2.24, 2.45) is 7.05 Å². The number of benzene rings is 2. The lowest BCUT2D eigenvalue weighted by atomic mass is 10.1. The van der Waals surface area contributed by atoms with Crippen molar-refractivity contribution in [3.8, 4) is 17.1 Å². The molecule has 0 aliphatic carbocycles. The van der Waals surface area contributed by atoms with Gasteiger partial charge >= 0.3 is 0 Å². The number of para-hydroxylation sites is 1. The van der Waals surface area contributed by atoms with Gasteiger partial charge in [-0.2, -0.15) is 0 Å². The van der Waals surface area contributed by atoms with E-state index >= 15 is 0 Å². The molecule has 28 heavy (non-hydrogen) atoms. The number of ether oxygens (including phenoxy) is 1. The molecule has 146 valence electrons. The van der Waals surface area contributed by atoms with Crippen LogP contribution in [0.1, 0.15) is 18.1 Å². The standard InChI is InChI=1S/C21H24N4O2S/c1-14-9-11-16(12-10-14)19-23-24-21(25(19)3)28-15(2)20(26)22-13-17-7-5-6-8-18(17)27-4/h5-12,15H,13H2,1-4H3,(H,22,26). The van der Waals surface area contributed by atoms with Gasteiger partial charge in [0.2, 0.25) is 5.91 Å². The number of carbonyl (C=O) groups is 1. The number of aryl methyl sites for hydroxylation is 1.